The first-order chi connectivity index (χ1) is 26.7. The summed E-state index contributed by atoms with van der Waals surface area (Å²) in [4.78, 5) is 59.4. The highest BCUT2D eigenvalue weighted by Gasteiger charge is 2.44. The van der Waals surface area contributed by atoms with Gasteiger partial charge in [0.1, 0.15) is 23.0 Å². The molecule has 2 aliphatic carbocycles. The summed E-state index contributed by atoms with van der Waals surface area (Å²) in [6.45, 7) is 0.981. The predicted molar refractivity (Wildman–Crippen MR) is 203 cm³/mol. The fourth-order valence-corrected chi connectivity index (χ4v) is 8.78. The third kappa shape index (κ3) is 5.67. The molecule has 4 bridgehead atoms. The molecule has 4 fully saturated rings. The van der Waals surface area contributed by atoms with Gasteiger partial charge in [0.15, 0.2) is 0 Å². The number of nitrogens with zero attached hydrogens (tertiary/aromatic N) is 6. The molecule has 0 spiro atoms. The predicted octanol–water partition coefficient (Wildman–Crippen LogP) is 2.05. The van der Waals surface area contributed by atoms with E-state index in [0.29, 0.717) is 61.0 Å². The lowest BCUT2D eigenvalue weighted by atomic mass is 9.75. The van der Waals surface area contributed by atoms with E-state index in [0.717, 1.165) is 48.5 Å². The van der Waals surface area contributed by atoms with E-state index in [9.17, 15) is 29.4 Å². The van der Waals surface area contributed by atoms with E-state index in [2.05, 4.69) is 33.6 Å². The van der Waals surface area contributed by atoms with Crippen molar-refractivity contribution in [2.75, 3.05) is 27.2 Å². The number of carbonyl (C=O) groups excluding carboxylic acids is 4. The summed E-state index contributed by atoms with van der Waals surface area (Å²) in [6, 6.07) is 12.4. The molecule has 6 N–H and O–H groups in total. The van der Waals surface area contributed by atoms with Crippen LogP contribution in [0.3, 0.4) is 0 Å². The van der Waals surface area contributed by atoms with E-state index < -0.39 is 23.0 Å². The fourth-order valence-electron chi connectivity index (χ4n) is 8.78. The normalized spacial score (nSPS) is 27.2. The number of benzene rings is 2. The summed E-state index contributed by atoms with van der Waals surface area (Å²) in [5.74, 6) is 12.0. The van der Waals surface area contributed by atoms with Crippen LogP contribution in [0.4, 0.5) is 0 Å². The third-order valence-corrected chi connectivity index (χ3v) is 12.3. The molecule has 284 valence electrons. The van der Waals surface area contributed by atoms with Gasteiger partial charge in [0.2, 0.25) is 11.2 Å². The highest BCUT2D eigenvalue weighted by atomic mass is 16.3. The van der Waals surface area contributed by atoms with Gasteiger partial charge in [-0.2, -0.15) is 0 Å². The van der Waals surface area contributed by atoms with Gasteiger partial charge < -0.3 is 40.6 Å². The van der Waals surface area contributed by atoms with Crippen molar-refractivity contribution in [2.45, 2.75) is 73.6 Å². The van der Waals surface area contributed by atoms with Crippen LogP contribution in [-0.2, 0) is 9.59 Å². The van der Waals surface area contributed by atoms with Crippen molar-refractivity contribution in [1.29, 1.82) is 0 Å². The molecule has 8 heterocycles. The van der Waals surface area contributed by atoms with Gasteiger partial charge >= 0.3 is 0 Å². The first kappa shape index (κ1) is 35.5. The molecule has 0 unspecified atom stereocenters. The number of hydrogen-bond donors (Lipinski definition) is 4. The number of aliphatic hydroxyl groups is 2. The highest BCUT2D eigenvalue weighted by molar-refractivity contribution is 5.93. The van der Waals surface area contributed by atoms with Crippen LogP contribution in [0, 0.1) is 23.7 Å². The van der Waals surface area contributed by atoms with E-state index in [-0.39, 0.29) is 23.2 Å². The minimum Gasteiger partial charge on any atom is -0.369 e. The van der Waals surface area contributed by atoms with Crippen molar-refractivity contribution in [2.24, 2.45) is 11.5 Å². The Morgan fingerprint density at radius 2 is 1.09 bits per heavy atom. The quantitative estimate of drug-likeness (QED) is 0.223. The number of rotatable bonds is 2. The molecule has 14 heteroatoms. The Morgan fingerprint density at radius 3 is 1.43 bits per heavy atom. The summed E-state index contributed by atoms with van der Waals surface area (Å²) in [5.41, 5.74) is 13.8. The average Bonchev–Trinajstić information content (AvgIpc) is 3.83. The van der Waals surface area contributed by atoms with Crippen LogP contribution in [-0.4, -0.2) is 101 Å². The molecule has 56 heavy (non-hydrogen) atoms. The maximum atomic E-state index is 12.1. The molecule has 14 nitrogen and oxygen atoms in total. The molecular weight excluding hydrogens is 713 g/mol. The number of amides is 4. The first-order valence-corrected chi connectivity index (χ1v) is 18.8. The number of likely N-dealkylation sites (tertiary alicyclic amines) is 2. The minimum atomic E-state index is -1.62. The van der Waals surface area contributed by atoms with Gasteiger partial charge in [-0.25, -0.2) is 9.97 Å². The maximum Gasteiger partial charge on any atom is 0.268 e. The molecule has 8 aliphatic rings. The van der Waals surface area contributed by atoms with Crippen LogP contribution in [0.25, 0.3) is 22.8 Å². The Hall–Kier alpha value is -6.22. The number of carbonyl (C=O) groups is 4. The topological polar surface area (TPSA) is 203 Å². The van der Waals surface area contributed by atoms with Gasteiger partial charge in [0.05, 0.1) is 0 Å². The number of primary amides is 2. The van der Waals surface area contributed by atoms with E-state index in [1.807, 2.05) is 45.5 Å². The largest absolute Gasteiger partial charge is 0.369 e. The Labute approximate surface area is 322 Å². The van der Waals surface area contributed by atoms with Gasteiger partial charge in [0.25, 0.3) is 23.6 Å². The van der Waals surface area contributed by atoms with E-state index in [4.69, 9.17) is 11.5 Å². The average molecular weight is 753 g/mol. The van der Waals surface area contributed by atoms with Gasteiger partial charge in [-0.05, 0) is 72.9 Å². The van der Waals surface area contributed by atoms with Gasteiger partial charge in [-0.3, -0.25) is 19.2 Å². The molecular formula is C42H40N8O6. The second-order valence-electron chi connectivity index (χ2n) is 15.9. The van der Waals surface area contributed by atoms with Crippen LogP contribution in [0.2, 0.25) is 0 Å². The molecule has 4 amide bonds. The number of hydrogen-bond acceptors (Lipinski definition) is 8. The summed E-state index contributed by atoms with van der Waals surface area (Å²) < 4.78 is 4.09. The third-order valence-electron chi connectivity index (χ3n) is 12.3. The van der Waals surface area contributed by atoms with Crippen LogP contribution < -0.4 is 11.5 Å². The van der Waals surface area contributed by atoms with Crippen LogP contribution in [0.1, 0.15) is 106 Å². The van der Waals surface area contributed by atoms with Crippen LogP contribution >= 0.6 is 0 Å². The molecule has 6 aliphatic heterocycles. The zero-order chi connectivity index (χ0) is 39.3. The molecule has 0 radical (unpaired) electrons. The lowest BCUT2D eigenvalue weighted by Crippen LogP contribution is -2.37. The summed E-state index contributed by atoms with van der Waals surface area (Å²) in [5, 5.41) is 21.0. The minimum absolute atomic E-state index is 0.261. The van der Waals surface area contributed by atoms with Crippen LogP contribution in [0.15, 0.2) is 48.8 Å². The maximum absolute atomic E-state index is 12.1. The Morgan fingerprint density at radius 1 is 0.696 bits per heavy atom. The highest BCUT2D eigenvalue weighted by Crippen LogP contribution is 2.53. The summed E-state index contributed by atoms with van der Waals surface area (Å²) >= 11 is 0. The smallest absolute Gasteiger partial charge is 0.268 e. The van der Waals surface area contributed by atoms with Crippen molar-refractivity contribution in [3.63, 3.8) is 0 Å². The van der Waals surface area contributed by atoms with Crippen molar-refractivity contribution < 1.29 is 29.4 Å². The zero-order valence-corrected chi connectivity index (χ0v) is 31.0. The number of imidazole rings is 2. The molecule has 2 atom stereocenters. The van der Waals surface area contributed by atoms with E-state index in [1.54, 1.807) is 26.5 Å². The van der Waals surface area contributed by atoms with Gasteiger partial charge in [-0.1, -0.05) is 35.8 Å². The standard InChI is InChI=1S/2C21H20N4O3/c2*1-24-7-6-21(28,20(24)27)5-4-12-2-3-15-13-9-14(10-13)25-11-17(18(22)26)23-19(25)16(15)8-12/h2*2-3,8,11,13-14,28H,6-7,9-10H2,1H3,(H2,22,26)/t2*13?,14?,21-/m10/s1. The number of aromatic nitrogens is 4. The summed E-state index contributed by atoms with van der Waals surface area (Å²) in [7, 11) is 3.32. The monoisotopic (exact) mass is 752 g/mol. The first-order valence-electron chi connectivity index (χ1n) is 18.8. The van der Waals surface area contributed by atoms with E-state index >= 15 is 0 Å². The molecule has 2 aromatic carbocycles. The van der Waals surface area contributed by atoms with Crippen molar-refractivity contribution >= 4 is 23.6 Å². The molecule has 2 aromatic heterocycles. The molecule has 4 aromatic rings. The van der Waals surface area contributed by atoms with Crippen LogP contribution in [0.5, 0.6) is 0 Å². The van der Waals surface area contributed by atoms with Gasteiger partial charge in [0, 0.05) is 86.8 Å². The second kappa shape index (κ2) is 12.7. The zero-order valence-electron chi connectivity index (χ0n) is 31.0. The summed E-state index contributed by atoms with van der Waals surface area (Å²) in [6.07, 6.45) is 8.14. The Balaban J connectivity index is 0.000000146. The molecule has 12 rings (SSSR count). The SMILES string of the molecule is CN1CC[C@@](O)(C#Cc2ccc3c(c2)-c2nc(C(N)=O)cn2C2CC3C2)C1=O.CN1CC[C@](O)(C#Cc2ccc3c(c2)-c2nc(C(N)=O)cn2C2CC3C2)C1=O. The van der Waals surface area contributed by atoms with Gasteiger partial charge in [-0.15, -0.1) is 0 Å². The van der Waals surface area contributed by atoms with Crippen molar-refractivity contribution in [1.82, 2.24) is 28.9 Å². The van der Waals surface area contributed by atoms with E-state index in [1.165, 1.54) is 20.9 Å². The Bertz CT molecular complexity index is 2350. The second-order valence-corrected chi connectivity index (χ2v) is 15.9. The lowest BCUT2D eigenvalue weighted by molar-refractivity contribution is -0.138. The number of nitrogens with two attached hydrogens (primary N) is 2. The van der Waals surface area contributed by atoms with Crippen molar-refractivity contribution in [3.8, 4) is 46.5 Å². The fraction of sp³-hybridized carbons (Fsp3) is 0.381. The van der Waals surface area contributed by atoms with Crippen molar-refractivity contribution in [3.05, 3.63) is 82.4 Å². The molecule has 2 saturated carbocycles. The Kier molecular flexibility index (Phi) is 8.02. The number of likely N-dealkylation sites (N-methyl/N-ethyl adjacent to an activating group) is 2. The molecule has 2 saturated heterocycles. The lowest BCUT2D eigenvalue weighted by Gasteiger charge is -2.34.